The van der Waals surface area contributed by atoms with E-state index in [-0.39, 0.29) is 11.7 Å². The van der Waals surface area contributed by atoms with E-state index in [0.717, 1.165) is 23.0 Å². The van der Waals surface area contributed by atoms with Crippen LogP contribution in [0.25, 0.3) is 0 Å². The highest BCUT2D eigenvalue weighted by Gasteiger charge is 2.16. The van der Waals surface area contributed by atoms with Crippen molar-refractivity contribution in [2.45, 2.75) is 33.1 Å². The summed E-state index contributed by atoms with van der Waals surface area (Å²) in [7, 11) is 0. The van der Waals surface area contributed by atoms with E-state index in [9.17, 15) is 9.90 Å². The van der Waals surface area contributed by atoms with Crippen molar-refractivity contribution in [1.82, 2.24) is 0 Å². The van der Waals surface area contributed by atoms with E-state index in [4.69, 9.17) is 11.6 Å². The molecule has 0 aliphatic rings. The van der Waals surface area contributed by atoms with Gasteiger partial charge >= 0.3 is 0 Å². The number of hydrogen-bond acceptors (Lipinski definition) is 2. The fourth-order valence-corrected chi connectivity index (χ4v) is 2.30. The van der Waals surface area contributed by atoms with Crippen LogP contribution in [-0.4, -0.2) is 11.4 Å². The zero-order valence-corrected chi connectivity index (χ0v) is 9.93. The van der Waals surface area contributed by atoms with Crippen LogP contribution < -0.4 is 0 Å². The Kier molecular flexibility index (Phi) is 3.75. The first kappa shape index (κ1) is 12.1. The molecule has 0 radical (unpaired) electrons. The first-order chi connectivity index (χ1) is 6.99. The van der Waals surface area contributed by atoms with E-state index in [2.05, 4.69) is 0 Å². The van der Waals surface area contributed by atoms with Gasteiger partial charge in [-0.15, -0.1) is 0 Å². The summed E-state index contributed by atoms with van der Waals surface area (Å²) in [5, 5.41) is 10.4. The summed E-state index contributed by atoms with van der Waals surface area (Å²) in [5.41, 5.74) is 2.40. The molecule has 1 atom stereocenters. The molecule has 0 aliphatic carbocycles. The van der Waals surface area contributed by atoms with Gasteiger partial charge in [0, 0.05) is 11.4 Å². The molecule has 0 aliphatic heterocycles. The van der Waals surface area contributed by atoms with Crippen molar-refractivity contribution >= 4 is 17.9 Å². The summed E-state index contributed by atoms with van der Waals surface area (Å²) in [6.45, 7) is 5.56. The minimum Gasteiger partial charge on any atom is -0.507 e. The van der Waals surface area contributed by atoms with Gasteiger partial charge in [-0.25, -0.2) is 0 Å². The number of aromatic hydroxyl groups is 1. The zero-order valence-electron chi connectivity index (χ0n) is 9.17. The molecule has 1 N–H and O–H groups in total. The number of carbonyl (C=O) groups is 1. The van der Waals surface area contributed by atoms with Crippen LogP contribution in [0.5, 0.6) is 5.75 Å². The molecule has 0 saturated heterocycles. The van der Waals surface area contributed by atoms with E-state index in [1.807, 2.05) is 20.8 Å². The highest BCUT2D eigenvalue weighted by atomic mass is 35.5. The van der Waals surface area contributed by atoms with Gasteiger partial charge in [0.1, 0.15) is 12.0 Å². The molecule has 15 heavy (non-hydrogen) atoms. The summed E-state index contributed by atoms with van der Waals surface area (Å²) in [6.07, 6.45) is 1.29. The lowest BCUT2D eigenvalue weighted by Gasteiger charge is -2.16. The van der Waals surface area contributed by atoms with Crippen molar-refractivity contribution in [1.29, 1.82) is 0 Å². The van der Waals surface area contributed by atoms with E-state index < -0.39 is 0 Å². The summed E-state index contributed by atoms with van der Waals surface area (Å²) in [4.78, 5) is 10.5. The van der Waals surface area contributed by atoms with Crippen molar-refractivity contribution in [2.75, 3.05) is 0 Å². The third kappa shape index (κ3) is 2.32. The Morgan fingerprint density at radius 3 is 2.67 bits per heavy atom. The molecule has 0 heterocycles. The van der Waals surface area contributed by atoms with E-state index >= 15 is 0 Å². The standard InChI is InChI=1S/C12H15ClO2/c1-7(4-5-14)11-9(3)12(15)8(2)6-10(11)13/h5-7,15H,4H2,1-3H3. The van der Waals surface area contributed by atoms with Gasteiger partial charge in [-0.3, -0.25) is 0 Å². The summed E-state index contributed by atoms with van der Waals surface area (Å²) in [5.74, 6) is 0.314. The van der Waals surface area contributed by atoms with Crippen molar-refractivity contribution in [3.05, 3.63) is 27.8 Å². The lowest BCUT2D eigenvalue weighted by Crippen LogP contribution is -2.00. The Morgan fingerprint density at radius 1 is 1.53 bits per heavy atom. The summed E-state index contributed by atoms with van der Waals surface area (Å²) in [6, 6.07) is 1.74. The van der Waals surface area contributed by atoms with Crippen LogP contribution in [0.3, 0.4) is 0 Å². The molecule has 0 saturated carbocycles. The Labute approximate surface area is 94.9 Å². The van der Waals surface area contributed by atoms with E-state index in [1.165, 1.54) is 0 Å². The second-order valence-corrected chi connectivity index (χ2v) is 4.27. The van der Waals surface area contributed by atoms with Crippen molar-refractivity contribution < 1.29 is 9.90 Å². The quantitative estimate of drug-likeness (QED) is 0.803. The highest BCUT2D eigenvalue weighted by molar-refractivity contribution is 6.31. The maximum Gasteiger partial charge on any atom is 0.121 e. The normalized spacial score (nSPS) is 12.5. The SMILES string of the molecule is Cc1cc(Cl)c(C(C)CC=O)c(C)c1O. The van der Waals surface area contributed by atoms with Gasteiger partial charge in [0.15, 0.2) is 0 Å². The molecule has 0 spiro atoms. The first-order valence-electron chi connectivity index (χ1n) is 4.91. The minimum atomic E-state index is 0.0431. The van der Waals surface area contributed by atoms with Crippen LogP contribution in [0.4, 0.5) is 0 Å². The van der Waals surface area contributed by atoms with Gasteiger partial charge in [0.2, 0.25) is 0 Å². The molecule has 0 bridgehead atoms. The van der Waals surface area contributed by atoms with Gasteiger partial charge in [-0.2, -0.15) is 0 Å². The lowest BCUT2D eigenvalue weighted by molar-refractivity contribution is -0.108. The number of phenols is 1. The minimum absolute atomic E-state index is 0.0431. The number of carbonyl (C=O) groups excluding carboxylic acids is 1. The third-order valence-electron chi connectivity index (χ3n) is 2.68. The zero-order chi connectivity index (χ0) is 11.6. The number of benzene rings is 1. The maximum atomic E-state index is 10.5. The molecule has 82 valence electrons. The van der Waals surface area contributed by atoms with Gasteiger partial charge in [0.25, 0.3) is 0 Å². The van der Waals surface area contributed by atoms with Crippen LogP contribution >= 0.6 is 11.6 Å². The summed E-state index contributed by atoms with van der Waals surface area (Å²) >= 11 is 6.11. The van der Waals surface area contributed by atoms with Gasteiger partial charge in [-0.1, -0.05) is 18.5 Å². The van der Waals surface area contributed by atoms with Crippen LogP contribution in [0.2, 0.25) is 5.02 Å². The molecule has 0 aromatic heterocycles. The predicted octanol–water partition coefficient (Wildman–Crippen LogP) is 3.35. The number of halogens is 1. The van der Waals surface area contributed by atoms with Crippen LogP contribution in [0.1, 0.15) is 36.0 Å². The molecular weight excluding hydrogens is 212 g/mol. The van der Waals surface area contributed by atoms with Crippen LogP contribution in [0, 0.1) is 13.8 Å². The van der Waals surface area contributed by atoms with Crippen LogP contribution in [-0.2, 0) is 4.79 Å². The number of rotatable bonds is 3. The van der Waals surface area contributed by atoms with Gasteiger partial charge < -0.3 is 9.90 Å². The lowest BCUT2D eigenvalue weighted by atomic mass is 9.92. The largest absolute Gasteiger partial charge is 0.507 e. The molecule has 1 aromatic carbocycles. The van der Waals surface area contributed by atoms with E-state index in [0.29, 0.717) is 11.4 Å². The average Bonchev–Trinajstić information content (AvgIpc) is 2.15. The van der Waals surface area contributed by atoms with Crippen molar-refractivity contribution in [3.8, 4) is 5.75 Å². The number of aryl methyl sites for hydroxylation is 1. The predicted molar refractivity (Wildman–Crippen MR) is 61.7 cm³/mol. The molecule has 1 rings (SSSR count). The molecule has 0 fully saturated rings. The Morgan fingerprint density at radius 2 is 2.13 bits per heavy atom. The van der Waals surface area contributed by atoms with Crippen LogP contribution in [0.15, 0.2) is 6.07 Å². The molecular formula is C12H15ClO2. The van der Waals surface area contributed by atoms with Crippen molar-refractivity contribution in [3.63, 3.8) is 0 Å². The van der Waals surface area contributed by atoms with Gasteiger partial charge in [0.05, 0.1) is 0 Å². The third-order valence-corrected chi connectivity index (χ3v) is 2.99. The summed E-state index contributed by atoms with van der Waals surface area (Å²) < 4.78 is 0. The second-order valence-electron chi connectivity index (χ2n) is 3.87. The fraction of sp³-hybridized carbons (Fsp3) is 0.417. The Hall–Kier alpha value is -1.02. The highest BCUT2D eigenvalue weighted by Crippen LogP contribution is 2.36. The number of hydrogen-bond donors (Lipinski definition) is 1. The monoisotopic (exact) mass is 226 g/mol. The maximum absolute atomic E-state index is 10.5. The molecule has 1 unspecified atom stereocenters. The Balaban J connectivity index is 3.28. The Bertz CT molecular complexity index is 386. The number of aldehydes is 1. The van der Waals surface area contributed by atoms with Crippen molar-refractivity contribution in [2.24, 2.45) is 0 Å². The molecule has 2 nitrogen and oxygen atoms in total. The van der Waals surface area contributed by atoms with E-state index in [1.54, 1.807) is 6.07 Å². The fourth-order valence-electron chi connectivity index (χ4n) is 1.81. The van der Waals surface area contributed by atoms with Gasteiger partial charge in [-0.05, 0) is 42.5 Å². The molecule has 3 heteroatoms. The molecule has 1 aromatic rings. The average molecular weight is 227 g/mol. The second kappa shape index (κ2) is 4.67. The smallest absolute Gasteiger partial charge is 0.121 e. The first-order valence-corrected chi connectivity index (χ1v) is 5.29. The topological polar surface area (TPSA) is 37.3 Å². The molecule has 0 amide bonds. The number of phenolic OH excluding ortho intramolecular Hbond substituents is 1.